The topological polar surface area (TPSA) is 29.4 Å². The molecule has 0 saturated heterocycles. The molecule has 0 aromatic heterocycles. The number of carbonyl (C=O) groups is 1. The van der Waals surface area contributed by atoms with Gasteiger partial charge in [0.2, 0.25) is 0 Å². The van der Waals surface area contributed by atoms with Crippen LogP contribution in [0.25, 0.3) is 0 Å². The SMILES string of the molecule is CCCCCC1C=Nc2ccccc2C1=O. The van der Waals surface area contributed by atoms with Crippen molar-refractivity contribution in [1.82, 2.24) is 0 Å². The van der Waals surface area contributed by atoms with Crippen molar-refractivity contribution in [2.45, 2.75) is 32.6 Å². The molecule has 0 aliphatic carbocycles. The fraction of sp³-hybridized carbons (Fsp3) is 0.429. The standard InChI is InChI=1S/C14H17NO/c1-2-3-4-7-11-10-15-13-9-6-5-8-12(13)14(11)16/h5-6,8-11H,2-4,7H2,1H3. The molecule has 0 saturated carbocycles. The Labute approximate surface area is 96.4 Å². The van der Waals surface area contributed by atoms with Gasteiger partial charge in [-0.1, -0.05) is 38.3 Å². The Morgan fingerprint density at radius 1 is 1.25 bits per heavy atom. The van der Waals surface area contributed by atoms with E-state index in [2.05, 4.69) is 11.9 Å². The molecule has 0 bridgehead atoms. The number of benzene rings is 1. The molecule has 0 radical (unpaired) electrons. The molecule has 2 nitrogen and oxygen atoms in total. The molecule has 84 valence electrons. The van der Waals surface area contributed by atoms with Crippen molar-refractivity contribution < 1.29 is 4.79 Å². The number of rotatable bonds is 4. The first-order valence-corrected chi connectivity index (χ1v) is 6.00. The van der Waals surface area contributed by atoms with E-state index in [1.54, 1.807) is 0 Å². The van der Waals surface area contributed by atoms with Crippen LogP contribution in [-0.2, 0) is 0 Å². The van der Waals surface area contributed by atoms with Gasteiger partial charge in [0.05, 0.1) is 11.6 Å². The summed E-state index contributed by atoms with van der Waals surface area (Å²) in [5, 5.41) is 0. The summed E-state index contributed by atoms with van der Waals surface area (Å²) < 4.78 is 0. The quantitative estimate of drug-likeness (QED) is 0.703. The number of fused-ring (bicyclic) bond motifs is 1. The molecule has 2 heteroatoms. The highest BCUT2D eigenvalue weighted by atomic mass is 16.1. The molecular formula is C14H17NO. The number of hydrogen-bond donors (Lipinski definition) is 0. The normalized spacial score (nSPS) is 18.6. The summed E-state index contributed by atoms with van der Waals surface area (Å²) in [6, 6.07) is 7.59. The smallest absolute Gasteiger partial charge is 0.173 e. The fourth-order valence-electron chi connectivity index (χ4n) is 2.05. The van der Waals surface area contributed by atoms with Crippen LogP contribution in [0, 0.1) is 5.92 Å². The Bertz CT molecular complexity index is 409. The second kappa shape index (κ2) is 5.06. The van der Waals surface area contributed by atoms with Gasteiger partial charge in [0, 0.05) is 11.8 Å². The van der Waals surface area contributed by atoms with Crippen molar-refractivity contribution in [3.05, 3.63) is 29.8 Å². The highest BCUT2D eigenvalue weighted by molar-refractivity contribution is 6.12. The Balaban J connectivity index is 2.09. The second-order valence-electron chi connectivity index (χ2n) is 4.26. The van der Waals surface area contributed by atoms with E-state index in [1.807, 2.05) is 30.5 Å². The zero-order valence-electron chi connectivity index (χ0n) is 9.65. The van der Waals surface area contributed by atoms with Crippen LogP contribution in [0.5, 0.6) is 0 Å². The van der Waals surface area contributed by atoms with Gasteiger partial charge in [-0.3, -0.25) is 9.79 Å². The molecule has 1 aromatic carbocycles. The first-order chi connectivity index (χ1) is 7.83. The number of hydrogen-bond acceptors (Lipinski definition) is 2. The summed E-state index contributed by atoms with van der Waals surface area (Å²) in [4.78, 5) is 16.5. The van der Waals surface area contributed by atoms with Gasteiger partial charge in [-0.25, -0.2) is 0 Å². The van der Waals surface area contributed by atoms with E-state index in [0.717, 1.165) is 24.1 Å². The lowest BCUT2D eigenvalue weighted by molar-refractivity contribution is 0.0949. The van der Waals surface area contributed by atoms with Crippen molar-refractivity contribution in [1.29, 1.82) is 0 Å². The lowest BCUT2D eigenvalue weighted by Gasteiger charge is -2.16. The number of para-hydroxylation sites is 1. The highest BCUT2D eigenvalue weighted by Crippen LogP contribution is 2.27. The number of carbonyl (C=O) groups excluding carboxylic acids is 1. The van der Waals surface area contributed by atoms with E-state index in [1.165, 1.54) is 12.8 Å². The number of unbranched alkanes of at least 4 members (excludes halogenated alkanes) is 2. The summed E-state index contributed by atoms with van der Waals surface area (Å²) in [5.41, 5.74) is 1.60. The number of ketones is 1. The minimum Gasteiger partial charge on any atom is -0.293 e. The van der Waals surface area contributed by atoms with Gasteiger partial charge < -0.3 is 0 Å². The van der Waals surface area contributed by atoms with Gasteiger partial charge in [0.25, 0.3) is 0 Å². The molecule has 1 unspecified atom stereocenters. The fourth-order valence-corrected chi connectivity index (χ4v) is 2.05. The van der Waals surface area contributed by atoms with Gasteiger partial charge in [0.1, 0.15) is 0 Å². The summed E-state index contributed by atoms with van der Waals surface area (Å²) in [6.45, 7) is 2.17. The second-order valence-corrected chi connectivity index (χ2v) is 4.26. The zero-order chi connectivity index (χ0) is 11.4. The monoisotopic (exact) mass is 215 g/mol. The van der Waals surface area contributed by atoms with E-state index in [0.29, 0.717) is 0 Å². The molecule has 2 rings (SSSR count). The molecule has 1 aliphatic heterocycles. The molecule has 0 fully saturated rings. The van der Waals surface area contributed by atoms with Crippen LogP contribution in [0.3, 0.4) is 0 Å². The highest BCUT2D eigenvalue weighted by Gasteiger charge is 2.23. The third-order valence-corrected chi connectivity index (χ3v) is 3.02. The summed E-state index contributed by atoms with van der Waals surface area (Å²) >= 11 is 0. The predicted octanol–water partition coefficient (Wildman–Crippen LogP) is 3.78. The van der Waals surface area contributed by atoms with Crippen molar-refractivity contribution in [3.8, 4) is 0 Å². The molecular weight excluding hydrogens is 198 g/mol. The van der Waals surface area contributed by atoms with Gasteiger partial charge >= 0.3 is 0 Å². The van der Waals surface area contributed by atoms with E-state index < -0.39 is 0 Å². The summed E-state index contributed by atoms with van der Waals surface area (Å²) in [5.74, 6) is 0.239. The predicted molar refractivity (Wildman–Crippen MR) is 66.6 cm³/mol. The third-order valence-electron chi connectivity index (χ3n) is 3.02. The Morgan fingerprint density at radius 2 is 2.06 bits per heavy atom. The van der Waals surface area contributed by atoms with Gasteiger partial charge in [-0.05, 0) is 18.6 Å². The van der Waals surface area contributed by atoms with Crippen molar-refractivity contribution >= 4 is 17.7 Å². The Hall–Kier alpha value is -1.44. The van der Waals surface area contributed by atoms with Crippen LogP contribution in [0.2, 0.25) is 0 Å². The van der Waals surface area contributed by atoms with E-state index >= 15 is 0 Å². The Morgan fingerprint density at radius 3 is 2.88 bits per heavy atom. The molecule has 1 aromatic rings. The third kappa shape index (κ3) is 2.21. The average Bonchev–Trinajstić information content (AvgIpc) is 2.33. The van der Waals surface area contributed by atoms with Crippen LogP contribution in [0.15, 0.2) is 29.3 Å². The maximum atomic E-state index is 12.1. The zero-order valence-corrected chi connectivity index (χ0v) is 9.65. The number of Topliss-reactive ketones (excluding diaryl/α,β-unsaturated/α-hetero) is 1. The maximum absolute atomic E-state index is 12.1. The van der Waals surface area contributed by atoms with Gasteiger partial charge in [0.15, 0.2) is 5.78 Å². The first-order valence-electron chi connectivity index (χ1n) is 6.00. The lowest BCUT2D eigenvalue weighted by atomic mass is 9.90. The average molecular weight is 215 g/mol. The molecule has 1 heterocycles. The van der Waals surface area contributed by atoms with Crippen LogP contribution >= 0.6 is 0 Å². The molecule has 1 atom stereocenters. The van der Waals surface area contributed by atoms with Gasteiger partial charge in [-0.2, -0.15) is 0 Å². The number of nitrogens with zero attached hydrogens (tertiary/aromatic N) is 1. The summed E-state index contributed by atoms with van der Waals surface area (Å²) in [7, 11) is 0. The largest absolute Gasteiger partial charge is 0.293 e. The molecule has 16 heavy (non-hydrogen) atoms. The molecule has 0 spiro atoms. The molecule has 1 aliphatic rings. The van der Waals surface area contributed by atoms with Gasteiger partial charge in [-0.15, -0.1) is 0 Å². The van der Waals surface area contributed by atoms with E-state index in [-0.39, 0.29) is 11.7 Å². The molecule has 0 amide bonds. The minimum atomic E-state index is 0.00134. The van der Waals surface area contributed by atoms with Crippen molar-refractivity contribution in [2.75, 3.05) is 0 Å². The lowest BCUT2D eigenvalue weighted by Crippen LogP contribution is -2.19. The van der Waals surface area contributed by atoms with E-state index in [9.17, 15) is 4.79 Å². The summed E-state index contributed by atoms with van der Waals surface area (Å²) in [6.07, 6.45) is 6.25. The molecule has 0 N–H and O–H groups in total. The van der Waals surface area contributed by atoms with Crippen molar-refractivity contribution in [2.24, 2.45) is 10.9 Å². The van der Waals surface area contributed by atoms with Crippen LogP contribution < -0.4 is 0 Å². The number of aliphatic imine (C=N–C) groups is 1. The first kappa shape index (κ1) is 11.1. The van der Waals surface area contributed by atoms with Crippen LogP contribution in [0.4, 0.5) is 5.69 Å². The Kier molecular flexibility index (Phi) is 3.50. The van der Waals surface area contributed by atoms with E-state index in [4.69, 9.17) is 0 Å². The van der Waals surface area contributed by atoms with Crippen LogP contribution in [0.1, 0.15) is 43.0 Å². The maximum Gasteiger partial charge on any atom is 0.173 e. The van der Waals surface area contributed by atoms with Crippen LogP contribution in [-0.4, -0.2) is 12.0 Å². The van der Waals surface area contributed by atoms with Crippen molar-refractivity contribution in [3.63, 3.8) is 0 Å². The minimum absolute atomic E-state index is 0.00134.